The van der Waals surface area contributed by atoms with Crippen molar-refractivity contribution >= 4 is 17.0 Å². The highest BCUT2D eigenvalue weighted by atomic mass is 16.5. The van der Waals surface area contributed by atoms with Crippen LogP contribution in [0.4, 0.5) is 0 Å². The molecule has 4 rings (SSSR count). The number of ether oxygens (including phenoxy) is 1. The van der Waals surface area contributed by atoms with Gasteiger partial charge in [0.15, 0.2) is 0 Å². The summed E-state index contributed by atoms with van der Waals surface area (Å²) in [5, 5.41) is 9.73. The molecule has 5 heteroatoms. The largest absolute Gasteiger partial charge is 0.496 e. The second-order valence-corrected chi connectivity index (χ2v) is 6.19. The molecule has 1 N–H and O–H groups in total. The monoisotopic (exact) mass is 358 g/mol. The molecule has 0 spiro atoms. The van der Waals surface area contributed by atoms with Crippen molar-refractivity contribution in [2.75, 3.05) is 7.11 Å². The predicted molar refractivity (Wildman–Crippen MR) is 104 cm³/mol. The van der Waals surface area contributed by atoms with Crippen LogP contribution in [0.15, 0.2) is 72.8 Å². The van der Waals surface area contributed by atoms with Gasteiger partial charge in [-0.1, -0.05) is 60.7 Å². The predicted octanol–water partition coefficient (Wildman–Crippen LogP) is 4.46. The van der Waals surface area contributed by atoms with E-state index in [1.807, 2.05) is 71.3 Å². The number of fused-ring (bicyclic) bond motifs is 1. The van der Waals surface area contributed by atoms with Crippen LogP contribution in [0, 0.1) is 0 Å². The van der Waals surface area contributed by atoms with E-state index >= 15 is 0 Å². The fraction of sp³-hybridized carbons (Fsp3) is 0.0909. The molecule has 0 saturated heterocycles. The maximum Gasteiger partial charge on any atom is 0.341 e. The molecule has 0 atom stereocenters. The number of rotatable bonds is 5. The van der Waals surface area contributed by atoms with Gasteiger partial charge < -0.3 is 14.4 Å². The van der Waals surface area contributed by atoms with Crippen molar-refractivity contribution in [1.29, 1.82) is 0 Å². The molecule has 0 amide bonds. The zero-order valence-electron chi connectivity index (χ0n) is 14.8. The summed E-state index contributed by atoms with van der Waals surface area (Å²) in [6.07, 6.45) is 0. The summed E-state index contributed by atoms with van der Waals surface area (Å²) in [4.78, 5) is 16.6. The maximum atomic E-state index is 11.9. The molecule has 134 valence electrons. The first-order valence-corrected chi connectivity index (χ1v) is 8.59. The number of nitrogens with zero attached hydrogens (tertiary/aromatic N) is 2. The van der Waals surface area contributed by atoms with Gasteiger partial charge in [-0.25, -0.2) is 9.78 Å². The molecule has 0 fully saturated rings. The Bertz CT molecular complexity index is 1100. The molecule has 5 nitrogen and oxygen atoms in total. The number of carboxylic acids is 1. The Labute approximate surface area is 156 Å². The topological polar surface area (TPSA) is 64.4 Å². The van der Waals surface area contributed by atoms with Crippen LogP contribution in [-0.2, 0) is 6.54 Å². The van der Waals surface area contributed by atoms with Crippen LogP contribution in [0.25, 0.3) is 22.4 Å². The molecule has 0 aliphatic carbocycles. The summed E-state index contributed by atoms with van der Waals surface area (Å²) >= 11 is 0. The zero-order valence-corrected chi connectivity index (χ0v) is 14.8. The van der Waals surface area contributed by atoms with Gasteiger partial charge in [-0.3, -0.25) is 0 Å². The summed E-state index contributed by atoms with van der Waals surface area (Å²) in [7, 11) is 1.46. The van der Waals surface area contributed by atoms with Crippen molar-refractivity contribution in [3.8, 4) is 17.1 Å². The van der Waals surface area contributed by atoms with Crippen molar-refractivity contribution in [1.82, 2.24) is 9.55 Å². The summed E-state index contributed by atoms with van der Waals surface area (Å²) in [6, 6.07) is 23.4. The minimum Gasteiger partial charge on any atom is -0.496 e. The normalized spacial score (nSPS) is 10.9. The van der Waals surface area contributed by atoms with Crippen LogP contribution < -0.4 is 4.74 Å². The molecule has 4 aromatic rings. The SMILES string of the molecule is COc1ccc2c(nc(-c3ccccc3)n2Cc2ccccc2)c1C(=O)O. The molecule has 0 aliphatic heterocycles. The van der Waals surface area contributed by atoms with Crippen molar-refractivity contribution in [2.24, 2.45) is 0 Å². The molecule has 0 radical (unpaired) electrons. The van der Waals surface area contributed by atoms with Crippen LogP contribution >= 0.6 is 0 Å². The number of aromatic carboxylic acids is 1. The average molecular weight is 358 g/mol. The van der Waals surface area contributed by atoms with Gasteiger partial charge in [0.25, 0.3) is 0 Å². The summed E-state index contributed by atoms with van der Waals surface area (Å²) in [5.74, 6) is -0.0226. The van der Waals surface area contributed by atoms with Crippen LogP contribution in [0.3, 0.4) is 0 Å². The second-order valence-electron chi connectivity index (χ2n) is 6.19. The first-order chi connectivity index (χ1) is 13.2. The van der Waals surface area contributed by atoms with E-state index in [0.29, 0.717) is 17.8 Å². The minimum atomic E-state index is -1.05. The van der Waals surface area contributed by atoms with Crippen LogP contribution in [-0.4, -0.2) is 27.7 Å². The van der Waals surface area contributed by atoms with E-state index in [1.54, 1.807) is 6.07 Å². The van der Waals surface area contributed by atoms with Gasteiger partial charge in [-0.15, -0.1) is 0 Å². The quantitative estimate of drug-likeness (QED) is 0.572. The highest BCUT2D eigenvalue weighted by Gasteiger charge is 2.22. The van der Waals surface area contributed by atoms with E-state index < -0.39 is 5.97 Å². The molecule has 1 aromatic heterocycles. The van der Waals surface area contributed by atoms with Crippen LogP contribution in [0.1, 0.15) is 15.9 Å². The Kier molecular flexibility index (Phi) is 4.34. The Morgan fingerprint density at radius 2 is 1.67 bits per heavy atom. The molecule has 27 heavy (non-hydrogen) atoms. The van der Waals surface area contributed by atoms with E-state index in [2.05, 4.69) is 0 Å². The first-order valence-electron chi connectivity index (χ1n) is 8.59. The van der Waals surface area contributed by atoms with Crippen molar-refractivity contribution in [3.05, 3.63) is 83.9 Å². The van der Waals surface area contributed by atoms with Gasteiger partial charge in [0.2, 0.25) is 0 Å². The van der Waals surface area contributed by atoms with Gasteiger partial charge >= 0.3 is 5.97 Å². The van der Waals surface area contributed by atoms with Gasteiger partial charge in [0.1, 0.15) is 22.7 Å². The van der Waals surface area contributed by atoms with Crippen molar-refractivity contribution in [2.45, 2.75) is 6.54 Å². The lowest BCUT2D eigenvalue weighted by molar-refractivity contribution is 0.0695. The number of methoxy groups -OCH3 is 1. The van der Waals surface area contributed by atoms with E-state index in [1.165, 1.54) is 7.11 Å². The molecule has 0 unspecified atom stereocenters. The number of hydrogen-bond acceptors (Lipinski definition) is 3. The lowest BCUT2D eigenvalue weighted by atomic mass is 10.1. The van der Waals surface area contributed by atoms with Crippen LogP contribution in [0.2, 0.25) is 0 Å². The summed E-state index contributed by atoms with van der Waals surface area (Å²) in [5.41, 5.74) is 3.31. The number of hydrogen-bond donors (Lipinski definition) is 1. The van der Waals surface area contributed by atoms with Crippen molar-refractivity contribution < 1.29 is 14.6 Å². The van der Waals surface area contributed by atoms with Gasteiger partial charge in [-0.2, -0.15) is 0 Å². The number of carboxylic acid groups (broad SMARTS) is 1. The maximum absolute atomic E-state index is 11.9. The smallest absolute Gasteiger partial charge is 0.341 e. The molecule has 0 bridgehead atoms. The summed E-state index contributed by atoms with van der Waals surface area (Å²) < 4.78 is 7.31. The zero-order chi connectivity index (χ0) is 18.8. The van der Waals surface area contributed by atoms with Gasteiger partial charge in [-0.05, 0) is 17.7 Å². The van der Waals surface area contributed by atoms with Crippen molar-refractivity contribution in [3.63, 3.8) is 0 Å². The molecule has 1 heterocycles. The molecular weight excluding hydrogens is 340 g/mol. The Hall–Kier alpha value is -3.60. The number of benzene rings is 3. The highest BCUT2D eigenvalue weighted by Crippen LogP contribution is 2.32. The van der Waals surface area contributed by atoms with Gasteiger partial charge in [0.05, 0.1) is 12.6 Å². The first kappa shape index (κ1) is 16.8. The van der Waals surface area contributed by atoms with E-state index in [9.17, 15) is 9.90 Å². The lowest BCUT2D eigenvalue weighted by Crippen LogP contribution is -2.03. The standard InChI is InChI=1S/C22H18N2O3/c1-27-18-13-12-17-20(19(18)22(25)26)23-21(16-10-6-3-7-11-16)24(17)14-15-8-4-2-5-9-15/h2-13H,14H2,1H3,(H,25,26). The molecule has 0 saturated carbocycles. The van der Waals surface area contributed by atoms with E-state index in [-0.39, 0.29) is 5.56 Å². The fourth-order valence-electron chi connectivity index (χ4n) is 3.28. The lowest BCUT2D eigenvalue weighted by Gasteiger charge is -2.10. The fourth-order valence-corrected chi connectivity index (χ4v) is 3.28. The number of carbonyl (C=O) groups is 1. The Morgan fingerprint density at radius 3 is 2.30 bits per heavy atom. The number of imidazole rings is 1. The average Bonchev–Trinajstić information content (AvgIpc) is 3.06. The Balaban J connectivity index is 2.00. The van der Waals surface area contributed by atoms with Gasteiger partial charge in [0, 0.05) is 12.1 Å². The third-order valence-corrected chi connectivity index (χ3v) is 4.53. The Morgan fingerprint density at radius 1 is 1.00 bits per heavy atom. The minimum absolute atomic E-state index is 0.0824. The summed E-state index contributed by atoms with van der Waals surface area (Å²) in [6.45, 7) is 0.590. The highest BCUT2D eigenvalue weighted by molar-refractivity contribution is 6.04. The third kappa shape index (κ3) is 3.04. The van der Waals surface area contributed by atoms with Crippen LogP contribution in [0.5, 0.6) is 5.75 Å². The molecule has 0 aliphatic rings. The third-order valence-electron chi connectivity index (χ3n) is 4.53. The molecular formula is C22H18N2O3. The molecule has 3 aromatic carbocycles. The second kappa shape index (κ2) is 6.96. The van der Waals surface area contributed by atoms with E-state index in [0.717, 1.165) is 22.5 Å². The van der Waals surface area contributed by atoms with E-state index in [4.69, 9.17) is 9.72 Å². The number of aromatic nitrogens is 2.